The summed E-state index contributed by atoms with van der Waals surface area (Å²) in [4.78, 5) is 0. The zero-order valence-corrected chi connectivity index (χ0v) is 7.80. The lowest BCUT2D eigenvalue weighted by Crippen LogP contribution is -2.26. The van der Waals surface area contributed by atoms with Gasteiger partial charge in [0.25, 0.3) is 0 Å². The highest BCUT2D eigenvalue weighted by Gasteiger charge is 2.13. The van der Waals surface area contributed by atoms with Gasteiger partial charge in [-0.05, 0) is 18.2 Å². The van der Waals surface area contributed by atoms with Crippen molar-refractivity contribution in [3.05, 3.63) is 29.3 Å². The van der Waals surface area contributed by atoms with Crippen LogP contribution in [0.15, 0.2) is 24.3 Å². The lowest BCUT2D eigenvalue weighted by atomic mass is 10.3. The van der Waals surface area contributed by atoms with Crippen LogP contribution in [-0.4, -0.2) is 10.9 Å². The van der Waals surface area contributed by atoms with Crippen molar-refractivity contribution in [2.75, 3.05) is 0 Å². The third kappa shape index (κ3) is 3.11. The smallest absolute Gasteiger partial charge is 0.202 e. The summed E-state index contributed by atoms with van der Waals surface area (Å²) >= 11 is 5.71. The predicted octanol–water partition coefficient (Wildman–Crippen LogP) is 2.45. The lowest BCUT2D eigenvalue weighted by Gasteiger charge is -2.19. The van der Waals surface area contributed by atoms with Crippen molar-refractivity contribution in [3.8, 4) is 5.75 Å². The third-order valence-electron chi connectivity index (χ3n) is 1.16. The maximum absolute atomic E-state index is 9.30. The molecule has 0 saturated heterocycles. The average molecular weight is 187 g/mol. The number of aliphatic hydroxyl groups is 1. The van der Waals surface area contributed by atoms with Crippen LogP contribution in [0.25, 0.3) is 0 Å². The van der Waals surface area contributed by atoms with Crippen LogP contribution in [0.5, 0.6) is 5.75 Å². The van der Waals surface area contributed by atoms with E-state index in [1.807, 2.05) is 0 Å². The Morgan fingerprint density at radius 1 is 1.42 bits per heavy atom. The highest BCUT2D eigenvalue weighted by atomic mass is 35.5. The Morgan fingerprint density at radius 3 is 2.58 bits per heavy atom. The van der Waals surface area contributed by atoms with E-state index in [1.165, 1.54) is 0 Å². The molecule has 0 radical (unpaired) electrons. The van der Waals surface area contributed by atoms with E-state index in [9.17, 15) is 5.11 Å². The molecule has 1 rings (SSSR count). The number of hydrogen-bond donors (Lipinski definition) is 1. The van der Waals surface area contributed by atoms with Gasteiger partial charge in [0, 0.05) is 18.9 Å². The molecule has 0 saturated carbocycles. The molecule has 66 valence electrons. The monoisotopic (exact) mass is 186 g/mol. The fourth-order valence-electron chi connectivity index (χ4n) is 0.819. The topological polar surface area (TPSA) is 29.5 Å². The van der Waals surface area contributed by atoms with E-state index >= 15 is 0 Å². The molecule has 0 fully saturated rings. The molecule has 0 heterocycles. The molecule has 1 aromatic rings. The molecule has 0 aromatic heterocycles. The maximum atomic E-state index is 9.30. The first-order valence-corrected chi connectivity index (χ1v) is 4.02. The zero-order chi connectivity index (χ0) is 9.19. The minimum Gasteiger partial charge on any atom is -0.463 e. The summed E-state index contributed by atoms with van der Waals surface area (Å²) in [5.74, 6) is -0.597. The van der Waals surface area contributed by atoms with Gasteiger partial charge < -0.3 is 9.84 Å². The van der Waals surface area contributed by atoms with Gasteiger partial charge in [0.05, 0.1) is 0 Å². The second kappa shape index (κ2) is 3.33. The number of rotatable bonds is 2. The number of ether oxygens (including phenoxy) is 1. The molecule has 1 aromatic carbocycles. The normalized spacial score (nSPS) is 11.3. The van der Waals surface area contributed by atoms with Gasteiger partial charge in [0.2, 0.25) is 5.79 Å². The largest absolute Gasteiger partial charge is 0.463 e. The van der Waals surface area contributed by atoms with E-state index < -0.39 is 5.79 Å². The predicted molar refractivity (Wildman–Crippen MR) is 48.4 cm³/mol. The minimum absolute atomic E-state index is 0.565. The highest BCUT2D eigenvalue weighted by molar-refractivity contribution is 6.30. The van der Waals surface area contributed by atoms with Crippen LogP contribution >= 0.6 is 11.6 Å². The molecule has 1 N–H and O–H groups in total. The van der Waals surface area contributed by atoms with E-state index in [1.54, 1.807) is 38.1 Å². The van der Waals surface area contributed by atoms with Crippen molar-refractivity contribution in [1.29, 1.82) is 0 Å². The van der Waals surface area contributed by atoms with Gasteiger partial charge >= 0.3 is 0 Å². The van der Waals surface area contributed by atoms with Gasteiger partial charge in [0.15, 0.2) is 0 Å². The van der Waals surface area contributed by atoms with Crippen molar-refractivity contribution in [3.63, 3.8) is 0 Å². The quantitative estimate of drug-likeness (QED) is 0.719. The number of halogens is 1. The summed E-state index contributed by atoms with van der Waals surface area (Å²) in [6.07, 6.45) is 0. The van der Waals surface area contributed by atoms with Crippen molar-refractivity contribution >= 4 is 11.6 Å². The third-order valence-corrected chi connectivity index (χ3v) is 1.40. The van der Waals surface area contributed by atoms with E-state index in [0.717, 1.165) is 0 Å². The molecule has 12 heavy (non-hydrogen) atoms. The van der Waals surface area contributed by atoms with Crippen LogP contribution in [0.2, 0.25) is 5.02 Å². The molecule has 0 aliphatic carbocycles. The van der Waals surface area contributed by atoms with Crippen LogP contribution in [-0.2, 0) is 0 Å². The van der Waals surface area contributed by atoms with Gasteiger partial charge in [-0.3, -0.25) is 0 Å². The minimum atomic E-state index is -1.16. The van der Waals surface area contributed by atoms with Crippen molar-refractivity contribution in [1.82, 2.24) is 0 Å². The molecule has 3 heteroatoms. The Balaban J connectivity index is 2.77. The van der Waals surface area contributed by atoms with E-state index in [2.05, 4.69) is 0 Å². The Morgan fingerprint density at radius 2 is 2.08 bits per heavy atom. The van der Waals surface area contributed by atoms with Crippen LogP contribution < -0.4 is 4.74 Å². The Hall–Kier alpha value is -0.730. The van der Waals surface area contributed by atoms with Gasteiger partial charge in [-0.2, -0.15) is 0 Å². The van der Waals surface area contributed by atoms with Gasteiger partial charge in [0.1, 0.15) is 5.75 Å². The summed E-state index contributed by atoms with van der Waals surface area (Å²) in [5.41, 5.74) is 0. The van der Waals surface area contributed by atoms with Crippen molar-refractivity contribution in [2.24, 2.45) is 0 Å². The van der Waals surface area contributed by atoms with Crippen LogP contribution in [0.4, 0.5) is 0 Å². The van der Waals surface area contributed by atoms with Crippen LogP contribution in [0.3, 0.4) is 0 Å². The Bertz CT molecular complexity index is 265. The summed E-state index contributed by atoms with van der Waals surface area (Å²) < 4.78 is 5.15. The molecule has 0 unspecified atom stereocenters. The Kier molecular flexibility index (Phi) is 2.60. The summed E-state index contributed by atoms with van der Waals surface area (Å²) in [6.45, 7) is 3.13. The molecule has 2 nitrogen and oxygen atoms in total. The van der Waals surface area contributed by atoms with Gasteiger partial charge in [-0.25, -0.2) is 0 Å². The lowest BCUT2D eigenvalue weighted by molar-refractivity contribution is -0.104. The fraction of sp³-hybridized carbons (Fsp3) is 0.333. The Labute approximate surface area is 76.7 Å². The molecule has 0 aliphatic heterocycles. The zero-order valence-electron chi connectivity index (χ0n) is 7.04. The van der Waals surface area contributed by atoms with Crippen molar-refractivity contribution in [2.45, 2.75) is 19.6 Å². The van der Waals surface area contributed by atoms with Crippen LogP contribution in [0.1, 0.15) is 13.8 Å². The fourth-order valence-corrected chi connectivity index (χ4v) is 0.999. The summed E-state index contributed by atoms with van der Waals surface area (Å²) in [7, 11) is 0. The molecular formula is C9H11ClO2. The van der Waals surface area contributed by atoms with Crippen molar-refractivity contribution < 1.29 is 9.84 Å². The molecule has 0 spiro atoms. The molecule has 0 aliphatic rings. The SMILES string of the molecule is CC(C)(O)Oc1cccc(Cl)c1. The first-order valence-electron chi connectivity index (χ1n) is 3.64. The standard InChI is InChI=1S/C9H11ClO2/c1-9(2,11)12-8-5-3-4-7(10)6-8/h3-6,11H,1-2H3. The van der Waals surface area contributed by atoms with Gasteiger partial charge in [-0.15, -0.1) is 0 Å². The summed E-state index contributed by atoms with van der Waals surface area (Å²) in [6, 6.07) is 6.91. The summed E-state index contributed by atoms with van der Waals surface area (Å²) in [5, 5.41) is 9.89. The highest BCUT2D eigenvalue weighted by Crippen LogP contribution is 2.20. The maximum Gasteiger partial charge on any atom is 0.202 e. The number of benzene rings is 1. The van der Waals surface area contributed by atoms with E-state index in [0.29, 0.717) is 10.8 Å². The second-order valence-electron chi connectivity index (χ2n) is 3.01. The molecule has 0 atom stereocenters. The van der Waals surface area contributed by atoms with Crippen LogP contribution in [0, 0.1) is 0 Å². The molecule has 0 bridgehead atoms. The van der Waals surface area contributed by atoms with Gasteiger partial charge in [-0.1, -0.05) is 17.7 Å². The first kappa shape index (κ1) is 9.36. The van der Waals surface area contributed by atoms with E-state index in [-0.39, 0.29) is 0 Å². The van der Waals surface area contributed by atoms with E-state index in [4.69, 9.17) is 16.3 Å². The molecule has 0 amide bonds. The number of hydrogen-bond acceptors (Lipinski definition) is 2. The first-order chi connectivity index (χ1) is 5.47. The molecular weight excluding hydrogens is 176 g/mol. The average Bonchev–Trinajstić information content (AvgIpc) is 1.82. The second-order valence-corrected chi connectivity index (χ2v) is 3.44.